The van der Waals surface area contributed by atoms with Gasteiger partial charge >= 0.3 is 19.4 Å². The van der Waals surface area contributed by atoms with E-state index in [0.29, 0.717) is 0 Å². The highest BCUT2D eigenvalue weighted by atomic mass is 31.2. The van der Waals surface area contributed by atoms with Crippen LogP contribution < -0.4 is 11.2 Å². The van der Waals surface area contributed by atoms with Gasteiger partial charge in [0.2, 0.25) is 6.79 Å². The molecule has 2 aliphatic rings. The predicted molar refractivity (Wildman–Crippen MR) is 101 cm³/mol. The van der Waals surface area contributed by atoms with Gasteiger partial charge in [-0.2, -0.15) is 0 Å². The first-order chi connectivity index (χ1) is 14.4. The van der Waals surface area contributed by atoms with Gasteiger partial charge < -0.3 is 23.8 Å². The number of aromatic nitrogens is 2. The summed E-state index contributed by atoms with van der Waals surface area (Å²) < 4.78 is 53.5. The third-order valence-electron chi connectivity index (χ3n) is 5.19. The van der Waals surface area contributed by atoms with Gasteiger partial charge in [0.25, 0.3) is 5.56 Å². The fraction of sp³-hybridized carbons (Fsp3) is 0.706. The Kier molecular flexibility index (Phi) is 6.45. The quantitative estimate of drug-likeness (QED) is 0.351. The van der Waals surface area contributed by atoms with Crippen molar-refractivity contribution in [2.45, 2.75) is 44.3 Å². The Bertz CT molecular complexity index is 992. The fourth-order valence-corrected chi connectivity index (χ4v) is 5.75. The molecule has 0 aromatic carbocycles. The van der Waals surface area contributed by atoms with Gasteiger partial charge in [-0.1, -0.05) is 0 Å². The molecule has 2 aliphatic heterocycles. The van der Waals surface area contributed by atoms with E-state index in [2.05, 4.69) is 4.74 Å². The number of fused-ring (bicyclic) bond motifs is 1. The minimum absolute atomic E-state index is 0.432. The lowest BCUT2D eigenvalue weighted by Gasteiger charge is -2.40. The molecule has 0 saturated carbocycles. The maximum atomic E-state index is 14.1. The first kappa shape index (κ1) is 23.6. The van der Waals surface area contributed by atoms with Crippen molar-refractivity contribution in [1.29, 1.82) is 0 Å². The summed E-state index contributed by atoms with van der Waals surface area (Å²) in [7, 11) is -3.93. The third kappa shape index (κ3) is 4.60. The number of hydrogen-bond acceptors (Lipinski definition) is 10. The molecule has 0 spiro atoms. The molecule has 1 aromatic heterocycles. The first-order valence-electron chi connectivity index (χ1n) is 9.42. The van der Waals surface area contributed by atoms with Crippen LogP contribution in [0.1, 0.15) is 27.0 Å². The lowest BCUT2D eigenvalue weighted by Crippen LogP contribution is -2.53. The number of aliphatic hydroxyl groups is 1. The van der Waals surface area contributed by atoms with Crippen molar-refractivity contribution in [3.8, 4) is 0 Å². The molecule has 0 bridgehead atoms. The lowest BCUT2D eigenvalue weighted by molar-refractivity contribution is -0.135. The standard InChI is InChI=1S/C17H24FN2O10P/c1-10(2)29-15(23)26-9-28-31(25)6-11-16(3,24)13(30-17(11,7-18)8-27-31)20-5-4-12(21)19-14(20)22/h4-5,10-11,13,24H,6-9H2,1-3H3,(H,19,21,22)/t11-,13+,16+,17+,31?/m0/s1. The van der Waals surface area contributed by atoms with Crippen LogP contribution in [0, 0.1) is 5.92 Å². The summed E-state index contributed by atoms with van der Waals surface area (Å²) in [6.45, 7) is 2.11. The molecule has 1 aromatic rings. The van der Waals surface area contributed by atoms with Gasteiger partial charge in [-0.15, -0.1) is 0 Å². The SMILES string of the molecule is CC(C)OC(=O)OCOP1(=O)C[C@@H]2[C@@](CF)(CO1)O[C@@H](n1ccc(=O)[nH]c1=O)[C@]2(C)O. The molecule has 5 atom stereocenters. The average Bonchev–Trinajstić information content (AvgIpc) is 2.89. The largest absolute Gasteiger partial charge is 0.510 e. The van der Waals surface area contributed by atoms with Crippen molar-refractivity contribution >= 4 is 13.8 Å². The molecule has 2 fully saturated rings. The first-order valence-corrected chi connectivity index (χ1v) is 11.1. The smallest absolute Gasteiger partial charge is 0.432 e. The molecule has 1 unspecified atom stereocenters. The highest BCUT2D eigenvalue weighted by Crippen LogP contribution is 2.62. The molecule has 0 aliphatic carbocycles. The Balaban J connectivity index is 1.80. The Morgan fingerprint density at radius 1 is 1.48 bits per heavy atom. The zero-order chi connectivity index (χ0) is 23.0. The number of nitrogens with zero attached hydrogens (tertiary/aromatic N) is 1. The second kappa shape index (κ2) is 8.47. The molecule has 2 saturated heterocycles. The summed E-state index contributed by atoms with van der Waals surface area (Å²) in [5.41, 5.74) is -5.14. The number of carbonyl (C=O) groups excluding carboxylic acids is 1. The van der Waals surface area contributed by atoms with E-state index in [9.17, 15) is 28.4 Å². The summed E-state index contributed by atoms with van der Waals surface area (Å²) in [5, 5.41) is 11.2. The minimum atomic E-state index is -3.93. The predicted octanol–water partition coefficient (Wildman–Crippen LogP) is 0.900. The van der Waals surface area contributed by atoms with Gasteiger partial charge in [0, 0.05) is 18.2 Å². The number of nitrogens with one attached hydrogen (secondary N) is 1. The van der Waals surface area contributed by atoms with Gasteiger partial charge in [0.05, 0.1) is 18.9 Å². The number of carbonyl (C=O) groups is 1. The number of H-pyrrole nitrogens is 1. The molecule has 0 radical (unpaired) electrons. The van der Waals surface area contributed by atoms with E-state index >= 15 is 0 Å². The molecule has 14 heteroatoms. The lowest BCUT2D eigenvalue weighted by atomic mass is 9.80. The van der Waals surface area contributed by atoms with Crippen LogP contribution in [0.5, 0.6) is 0 Å². The minimum Gasteiger partial charge on any atom is -0.432 e. The van der Waals surface area contributed by atoms with E-state index in [4.69, 9.17) is 18.5 Å². The average molecular weight is 466 g/mol. The maximum Gasteiger partial charge on any atom is 0.510 e. The molecular weight excluding hydrogens is 442 g/mol. The Labute approximate surface area is 175 Å². The van der Waals surface area contributed by atoms with E-state index in [1.807, 2.05) is 4.98 Å². The Morgan fingerprint density at radius 3 is 2.81 bits per heavy atom. The van der Waals surface area contributed by atoms with Crippen molar-refractivity contribution < 1.29 is 42.1 Å². The summed E-state index contributed by atoms with van der Waals surface area (Å²) in [4.78, 5) is 37.0. The zero-order valence-electron chi connectivity index (χ0n) is 17.1. The molecular formula is C17H24FN2O10P. The number of hydrogen-bond donors (Lipinski definition) is 2. The van der Waals surface area contributed by atoms with Crippen LogP contribution in [0.4, 0.5) is 9.18 Å². The van der Waals surface area contributed by atoms with Crippen LogP contribution in [0.2, 0.25) is 0 Å². The number of aromatic amines is 1. The van der Waals surface area contributed by atoms with Gasteiger partial charge in [-0.3, -0.25) is 23.4 Å². The molecule has 31 heavy (non-hydrogen) atoms. The van der Waals surface area contributed by atoms with Crippen molar-refractivity contribution in [1.82, 2.24) is 9.55 Å². The van der Waals surface area contributed by atoms with Crippen molar-refractivity contribution in [3.63, 3.8) is 0 Å². The number of alkyl halides is 1. The van der Waals surface area contributed by atoms with E-state index in [-0.39, 0.29) is 0 Å². The highest BCUT2D eigenvalue weighted by molar-refractivity contribution is 7.53. The van der Waals surface area contributed by atoms with Crippen LogP contribution in [0.25, 0.3) is 0 Å². The summed E-state index contributed by atoms with van der Waals surface area (Å²) >= 11 is 0. The number of halogens is 1. The molecule has 0 amide bonds. The van der Waals surface area contributed by atoms with Crippen LogP contribution in [-0.2, 0) is 27.8 Å². The molecule has 3 heterocycles. The summed E-state index contributed by atoms with van der Waals surface area (Å²) in [5.74, 6) is -1.11. The fourth-order valence-electron chi connectivity index (χ4n) is 3.68. The second-order valence-corrected chi connectivity index (χ2v) is 9.94. The van der Waals surface area contributed by atoms with Gasteiger partial charge in [-0.25, -0.2) is 14.0 Å². The van der Waals surface area contributed by atoms with Crippen LogP contribution >= 0.6 is 7.60 Å². The van der Waals surface area contributed by atoms with Crippen LogP contribution in [0.15, 0.2) is 21.9 Å². The van der Waals surface area contributed by atoms with Crippen molar-refractivity contribution in [3.05, 3.63) is 33.1 Å². The third-order valence-corrected chi connectivity index (χ3v) is 7.02. The van der Waals surface area contributed by atoms with E-state index < -0.39 is 80.7 Å². The Morgan fingerprint density at radius 2 is 2.19 bits per heavy atom. The van der Waals surface area contributed by atoms with Crippen molar-refractivity contribution in [2.75, 3.05) is 26.2 Å². The molecule has 174 valence electrons. The topological polar surface area (TPSA) is 155 Å². The molecule has 3 rings (SSSR count). The molecule has 12 nitrogen and oxygen atoms in total. The second-order valence-electron chi connectivity index (χ2n) is 7.84. The summed E-state index contributed by atoms with van der Waals surface area (Å²) in [6.07, 6.45) is -2.23. The van der Waals surface area contributed by atoms with E-state index in [1.165, 1.54) is 6.92 Å². The van der Waals surface area contributed by atoms with Crippen LogP contribution in [0.3, 0.4) is 0 Å². The number of ether oxygens (including phenoxy) is 3. The maximum absolute atomic E-state index is 14.1. The van der Waals surface area contributed by atoms with Gasteiger partial charge in [0.15, 0.2) is 6.23 Å². The van der Waals surface area contributed by atoms with Crippen molar-refractivity contribution in [2.24, 2.45) is 5.92 Å². The van der Waals surface area contributed by atoms with E-state index in [1.54, 1.807) is 13.8 Å². The summed E-state index contributed by atoms with van der Waals surface area (Å²) in [6, 6.07) is 1.04. The number of rotatable bonds is 6. The highest BCUT2D eigenvalue weighted by Gasteiger charge is 2.66. The normalized spacial score (nSPS) is 35.0. The van der Waals surface area contributed by atoms with Gasteiger partial charge in [-0.05, 0) is 20.8 Å². The zero-order valence-corrected chi connectivity index (χ0v) is 18.0. The Hall–Kier alpha value is -2.05. The monoisotopic (exact) mass is 466 g/mol. The van der Waals surface area contributed by atoms with Gasteiger partial charge in [0.1, 0.15) is 17.9 Å². The molecule has 2 N–H and O–H groups in total. The van der Waals surface area contributed by atoms with E-state index in [0.717, 1.165) is 16.8 Å². The van der Waals surface area contributed by atoms with Crippen LogP contribution in [-0.4, -0.2) is 64.4 Å².